The summed E-state index contributed by atoms with van der Waals surface area (Å²) in [6, 6.07) is 9.95. The lowest BCUT2D eigenvalue weighted by atomic mass is 9.80. The number of hydrogen-bond donors (Lipinski definition) is 3. The van der Waals surface area contributed by atoms with Crippen molar-refractivity contribution in [2.75, 3.05) is 6.54 Å². The number of aliphatic hydroxyl groups excluding tert-OH is 2. The Bertz CT molecular complexity index is 1390. The Kier molecular flexibility index (Phi) is 5.01. The molecule has 1 saturated heterocycles. The molecule has 2 aliphatic rings. The number of pyridine rings is 1. The lowest BCUT2D eigenvalue weighted by Gasteiger charge is -2.27. The molecule has 7 nitrogen and oxygen atoms in total. The fraction of sp³-hybridized carbons (Fsp3) is 0.375. The maximum atomic E-state index is 11.2. The van der Waals surface area contributed by atoms with Crippen molar-refractivity contribution in [3.63, 3.8) is 0 Å². The Balaban J connectivity index is 1.30. The van der Waals surface area contributed by atoms with Gasteiger partial charge >= 0.3 is 0 Å². The van der Waals surface area contributed by atoms with Crippen LogP contribution in [0.3, 0.4) is 0 Å². The molecule has 0 amide bonds. The summed E-state index contributed by atoms with van der Waals surface area (Å²) in [5, 5.41) is 28.2. The van der Waals surface area contributed by atoms with E-state index in [2.05, 4.69) is 48.3 Å². The summed E-state index contributed by atoms with van der Waals surface area (Å²) in [7, 11) is 0. The van der Waals surface area contributed by atoms with Crippen LogP contribution in [0, 0.1) is 12.3 Å². The summed E-state index contributed by atoms with van der Waals surface area (Å²) in [6.45, 7) is 2.58. The van der Waals surface area contributed by atoms with Crippen LogP contribution in [0.4, 0.5) is 0 Å². The van der Waals surface area contributed by atoms with Crippen LogP contribution in [0.25, 0.3) is 21.9 Å². The molecule has 1 aliphatic heterocycles. The van der Waals surface area contributed by atoms with Crippen molar-refractivity contribution < 1.29 is 10.2 Å². The van der Waals surface area contributed by atoms with Gasteiger partial charge in [0, 0.05) is 35.0 Å². The second-order valence-corrected chi connectivity index (χ2v) is 10.6. The Morgan fingerprint density at radius 1 is 1.18 bits per heavy atom. The van der Waals surface area contributed by atoms with E-state index in [1.165, 1.54) is 0 Å². The largest absolute Gasteiger partial charge is 0.390 e. The number of aryl methyl sites for hydroxylation is 1. The highest BCUT2D eigenvalue weighted by atomic mass is 79.9. The maximum absolute atomic E-state index is 11.2. The minimum Gasteiger partial charge on any atom is -0.390 e. The van der Waals surface area contributed by atoms with Gasteiger partial charge in [-0.05, 0) is 59.5 Å². The molecule has 3 aromatic heterocycles. The van der Waals surface area contributed by atoms with Gasteiger partial charge in [0.05, 0.1) is 27.8 Å². The van der Waals surface area contributed by atoms with Crippen LogP contribution >= 0.6 is 27.5 Å². The van der Waals surface area contributed by atoms with Gasteiger partial charge < -0.3 is 20.1 Å². The van der Waals surface area contributed by atoms with E-state index in [-0.39, 0.29) is 12.1 Å². The zero-order valence-electron chi connectivity index (χ0n) is 17.9. The summed E-state index contributed by atoms with van der Waals surface area (Å²) in [6.07, 6.45) is 3.19. The average molecular weight is 529 g/mol. The number of aromatic nitrogens is 4. The summed E-state index contributed by atoms with van der Waals surface area (Å²) < 4.78 is 2.77. The van der Waals surface area contributed by atoms with Gasteiger partial charge in [0.2, 0.25) is 0 Å². The molecule has 170 valence electrons. The second-order valence-electron chi connectivity index (χ2n) is 9.34. The zero-order valence-corrected chi connectivity index (χ0v) is 20.3. The highest BCUT2D eigenvalue weighted by Gasteiger charge is 2.56. The molecular weight excluding hydrogens is 506 g/mol. The number of benzene rings is 1. The summed E-state index contributed by atoms with van der Waals surface area (Å²) in [5.74, 6) is 0. The second kappa shape index (κ2) is 7.71. The molecule has 0 unspecified atom stereocenters. The van der Waals surface area contributed by atoms with Gasteiger partial charge in [0.15, 0.2) is 0 Å². The van der Waals surface area contributed by atoms with E-state index in [0.717, 1.165) is 44.1 Å². The minimum atomic E-state index is -0.870. The Hall–Kier alpha value is -2.10. The van der Waals surface area contributed by atoms with E-state index in [4.69, 9.17) is 11.6 Å². The number of rotatable bonds is 2. The molecule has 9 heteroatoms. The lowest BCUT2D eigenvalue weighted by molar-refractivity contribution is -0.0218. The monoisotopic (exact) mass is 527 g/mol. The van der Waals surface area contributed by atoms with Crippen molar-refractivity contribution in [1.29, 1.82) is 0 Å². The predicted octanol–water partition coefficient (Wildman–Crippen LogP) is 4.09. The van der Waals surface area contributed by atoms with Crippen LogP contribution in [-0.4, -0.2) is 48.5 Å². The van der Waals surface area contributed by atoms with E-state index in [9.17, 15) is 10.2 Å². The van der Waals surface area contributed by atoms with Crippen molar-refractivity contribution in [1.82, 2.24) is 24.8 Å². The van der Waals surface area contributed by atoms with Crippen molar-refractivity contribution in [3.8, 4) is 0 Å². The van der Waals surface area contributed by atoms with Crippen LogP contribution in [0.5, 0.6) is 0 Å². The third-order valence-corrected chi connectivity index (χ3v) is 8.61. The molecule has 33 heavy (non-hydrogen) atoms. The Labute approximate surface area is 204 Å². The van der Waals surface area contributed by atoms with E-state index in [1.54, 1.807) is 6.33 Å². The molecular formula is C24H23BrClN5O2. The van der Waals surface area contributed by atoms with Gasteiger partial charge in [-0.15, -0.1) is 0 Å². The normalized spacial score (nSPS) is 29.6. The quantitative estimate of drug-likeness (QED) is 0.339. The fourth-order valence-electron chi connectivity index (χ4n) is 5.70. The predicted molar refractivity (Wildman–Crippen MR) is 130 cm³/mol. The van der Waals surface area contributed by atoms with Crippen LogP contribution in [0.1, 0.15) is 36.2 Å². The molecule has 3 N–H and O–H groups in total. The number of fused-ring (bicyclic) bond motifs is 2. The molecule has 1 saturated carbocycles. The molecule has 1 spiro atoms. The third-order valence-electron chi connectivity index (χ3n) is 7.49. The van der Waals surface area contributed by atoms with Crippen LogP contribution in [-0.2, 0) is 0 Å². The molecule has 5 atom stereocenters. The fourth-order valence-corrected chi connectivity index (χ4v) is 6.18. The number of halogens is 2. The van der Waals surface area contributed by atoms with E-state index >= 15 is 0 Å². The topological polar surface area (TPSA) is 96.1 Å². The van der Waals surface area contributed by atoms with Gasteiger partial charge in [0.1, 0.15) is 23.2 Å². The van der Waals surface area contributed by atoms with Gasteiger partial charge in [0.25, 0.3) is 0 Å². The van der Waals surface area contributed by atoms with E-state index in [1.807, 2.05) is 35.9 Å². The first-order chi connectivity index (χ1) is 15.9. The van der Waals surface area contributed by atoms with Gasteiger partial charge in [-0.2, -0.15) is 0 Å². The zero-order chi connectivity index (χ0) is 22.9. The minimum absolute atomic E-state index is 0.0604. The molecule has 2 fully saturated rings. The van der Waals surface area contributed by atoms with Gasteiger partial charge in [-0.1, -0.05) is 23.7 Å². The third kappa shape index (κ3) is 3.31. The van der Waals surface area contributed by atoms with Gasteiger partial charge in [-0.25, -0.2) is 15.0 Å². The smallest absolute Gasteiger partial charge is 0.143 e. The summed E-state index contributed by atoms with van der Waals surface area (Å²) in [5.41, 5.74) is 3.21. The highest BCUT2D eigenvalue weighted by Crippen LogP contribution is 2.52. The molecule has 4 heterocycles. The summed E-state index contributed by atoms with van der Waals surface area (Å²) in [4.78, 5) is 13.2. The van der Waals surface area contributed by atoms with E-state index in [0.29, 0.717) is 18.1 Å². The molecule has 0 radical (unpaired) electrons. The number of nitrogens with one attached hydrogen (secondary N) is 1. The first kappa shape index (κ1) is 21.4. The lowest BCUT2D eigenvalue weighted by Crippen LogP contribution is -2.38. The van der Waals surface area contributed by atoms with E-state index < -0.39 is 17.6 Å². The van der Waals surface area contributed by atoms with Crippen LogP contribution < -0.4 is 5.32 Å². The standard InChI is InChI=1S/C24H23BrClN5O2/c1-12-15-4-5-31(23(15)29-11-28-12)19-9-24(21(33)20(19)32)8-18(27-10-24)14-3-2-13-6-16(25)22(26)30-17(13)7-14/h2-7,11,18-21,27,32-33H,8-10H2,1H3/t18-,19+,20-,21-,24-/m0/s1. The highest BCUT2D eigenvalue weighted by molar-refractivity contribution is 9.10. The Morgan fingerprint density at radius 3 is 2.88 bits per heavy atom. The van der Waals surface area contributed by atoms with Crippen molar-refractivity contribution in [3.05, 3.63) is 63.7 Å². The number of hydrogen-bond acceptors (Lipinski definition) is 6. The Morgan fingerprint density at radius 2 is 2.03 bits per heavy atom. The first-order valence-electron chi connectivity index (χ1n) is 11.0. The molecule has 1 aliphatic carbocycles. The van der Waals surface area contributed by atoms with Crippen molar-refractivity contribution in [2.45, 2.75) is 44.1 Å². The summed E-state index contributed by atoms with van der Waals surface area (Å²) >= 11 is 9.63. The molecule has 4 aromatic rings. The van der Waals surface area contributed by atoms with Crippen LogP contribution in [0.2, 0.25) is 5.15 Å². The maximum Gasteiger partial charge on any atom is 0.143 e. The van der Waals surface area contributed by atoms with Gasteiger partial charge in [-0.3, -0.25) is 0 Å². The molecule has 0 bridgehead atoms. The SMILES string of the molecule is Cc1ncnc2c1ccn2[C@@H]1C[C@@]2(CN[C@H](c3ccc4cc(Br)c(Cl)nc4c3)C2)[C@@H](O)[C@H]1O. The van der Waals surface area contributed by atoms with Crippen LogP contribution in [0.15, 0.2) is 47.3 Å². The average Bonchev–Trinajstić information content (AvgIpc) is 3.48. The van der Waals surface area contributed by atoms with Crippen molar-refractivity contribution in [2.24, 2.45) is 5.41 Å². The first-order valence-corrected chi connectivity index (χ1v) is 12.2. The molecule has 6 rings (SSSR count). The molecule has 1 aromatic carbocycles. The number of aliphatic hydroxyl groups is 2. The van der Waals surface area contributed by atoms with Crippen molar-refractivity contribution >= 4 is 49.5 Å². The number of nitrogens with zero attached hydrogens (tertiary/aromatic N) is 4.